The van der Waals surface area contributed by atoms with Gasteiger partial charge in [-0.3, -0.25) is 9.59 Å². The number of carbonyl (C=O) groups is 2. The van der Waals surface area contributed by atoms with Gasteiger partial charge in [0.2, 0.25) is 11.8 Å². The number of nitrogens with zero attached hydrogens (tertiary/aromatic N) is 1. The van der Waals surface area contributed by atoms with Gasteiger partial charge in [0, 0.05) is 4.47 Å². The highest BCUT2D eigenvalue weighted by Gasteiger charge is 2.71. The largest absolute Gasteiger partial charge is 0.495 e. The number of halogens is 1. The SMILES string of the molecule is COc1ccc(Br)cc1N1C(=O)[C@H]2[C@@H](C1=O)[C@@]1(C3OCCO3)C=C[C@H]2O1. The van der Waals surface area contributed by atoms with Crippen LogP contribution in [-0.2, 0) is 23.8 Å². The zero-order valence-electron chi connectivity index (χ0n) is 13.9. The summed E-state index contributed by atoms with van der Waals surface area (Å²) in [5, 5.41) is 0. The predicted octanol–water partition coefficient (Wildman–Crippen LogP) is 1.64. The summed E-state index contributed by atoms with van der Waals surface area (Å²) in [5.74, 6) is -1.40. The Labute approximate surface area is 158 Å². The van der Waals surface area contributed by atoms with Crippen LogP contribution in [0, 0.1) is 11.8 Å². The number of carbonyl (C=O) groups excluding carboxylic acids is 2. The van der Waals surface area contributed by atoms with Crippen LogP contribution >= 0.6 is 15.9 Å². The number of rotatable bonds is 3. The van der Waals surface area contributed by atoms with Crippen LogP contribution in [0.15, 0.2) is 34.8 Å². The number of anilines is 1. The number of benzene rings is 1. The summed E-state index contributed by atoms with van der Waals surface area (Å²) < 4.78 is 23.4. The van der Waals surface area contributed by atoms with Gasteiger partial charge >= 0.3 is 0 Å². The number of hydrogen-bond donors (Lipinski definition) is 0. The molecule has 0 spiro atoms. The smallest absolute Gasteiger partial charge is 0.241 e. The molecule has 0 aromatic heterocycles. The molecule has 0 saturated carbocycles. The minimum absolute atomic E-state index is 0.286. The summed E-state index contributed by atoms with van der Waals surface area (Å²) in [4.78, 5) is 27.7. The lowest BCUT2D eigenvalue weighted by molar-refractivity contribution is -0.180. The molecule has 0 unspecified atom stereocenters. The monoisotopic (exact) mass is 421 g/mol. The standard InChI is InChI=1S/C18H16BrNO6/c1-23-11-3-2-9(19)8-10(11)20-15(21)13-12-4-5-18(26-12,14(13)16(20)22)17-24-6-7-25-17/h2-5,8,12-14,17H,6-7H2,1H3/t12-,13-,14+,18-/m1/s1. The molecule has 0 aliphatic carbocycles. The average Bonchev–Trinajstić information content (AvgIpc) is 3.38. The predicted molar refractivity (Wildman–Crippen MR) is 92.6 cm³/mol. The van der Waals surface area contributed by atoms with E-state index in [1.807, 2.05) is 12.2 Å². The fourth-order valence-corrected chi connectivity index (χ4v) is 4.75. The molecule has 4 atom stereocenters. The molecule has 136 valence electrons. The Balaban J connectivity index is 1.59. The Morgan fingerprint density at radius 3 is 2.73 bits per heavy atom. The average molecular weight is 422 g/mol. The van der Waals surface area contributed by atoms with Crippen molar-refractivity contribution < 1.29 is 28.5 Å². The van der Waals surface area contributed by atoms with Gasteiger partial charge in [-0.2, -0.15) is 0 Å². The third-order valence-corrected chi connectivity index (χ3v) is 5.94. The second-order valence-electron chi connectivity index (χ2n) is 6.70. The number of methoxy groups -OCH3 is 1. The summed E-state index contributed by atoms with van der Waals surface area (Å²) in [6.45, 7) is 0.883. The van der Waals surface area contributed by atoms with Crippen molar-refractivity contribution in [3.05, 3.63) is 34.8 Å². The number of hydrogen-bond acceptors (Lipinski definition) is 6. The van der Waals surface area contributed by atoms with E-state index in [1.54, 1.807) is 18.2 Å². The number of imide groups is 1. The zero-order valence-corrected chi connectivity index (χ0v) is 15.5. The first kappa shape index (κ1) is 16.4. The Kier molecular flexibility index (Phi) is 3.56. The van der Waals surface area contributed by atoms with E-state index in [0.717, 1.165) is 4.47 Å². The van der Waals surface area contributed by atoms with Crippen LogP contribution in [0.4, 0.5) is 5.69 Å². The van der Waals surface area contributed by atoms with Crippen LogP contribution in [0.5, 0.6) is 5.75 Å². The van der Waals surface area contributed by atoms with E-state index in [0.29, 0.717) is 24.7 Å². The van der Waals surface area contributed by atoms with E-state index in [4.69, 9.17) is 18.9 Å². The van der Waals surface area contributed by atoms with Crippen molar-refractivity contribution in [1.29, 1.82) is 0 Å². The second kappa shape index (κ2) is 5.63. The van der Waals surface area contributed by atoms with Crippen molar-refractivity contribution in [2.75, 3.05) is 25.2 Å². The third-order valence-electron chi connectivity index (χ3n) is 5.45. The molecule has 0 radical (unpaired) electrons. The number of amides is 2. The van der Waals surface area contributed by atoms with E-state index in [2.05, 4.69) is 15.9 Å². The van der Waals surface area contributed by atoms with Crippen LogP contribution in [0.2, 0.25) is 0 Å². The normalized spacial score (nSPS) is 35.6. The Morgan fingerprint density at radius 2 is 2.00 bits per heavy atom. The number of fused-ring (bicyclic) bond motifs is 5. The van der Waals surface area contributed by atoms with Gasteiger partial charge in [-0.05, 0) is 24.3 Å². The first-order valence-corrected chi connectivity index (χ1v) is 9.18. The van der Waals surface area contributed by atoms with Gasteiger partial charge in [0.25, 0.3) is 0 Å². The fourth-order valence-electron chi connectivity index (χ4n) is 4.40. The molecule has 4 aliphatic rings. The molecule has 4 aliphatic heterocycles. The maximum absolute atomic E-state index is 13.3. The third kappa shape index (κ3) is 1.98. The van der Waals surface area contributed by atoms with E-state index in [-0.39, 0.29) is 11.8 Å². The van der Waals surface area contributed by atoms with Gasteiger partial charge in [-0.1, -0.05) is 22.0 Å². The van der Waals surface area contributed by atoms with Gasteiger partial charge in [0.05, 0.1) is 44.0 Å². The first-order valence-electron chi connectivity index (χ1n) is 8.38. The van der Waals surface area contributed by atoms with Crippen LogP contribution in [-0.4, -0.2) is 50.1 Å². The lowest BCUT2D eigenvalue weighted by Crippen LogP contribution is -2.49. The molecule has 1 aromatic carbocycles. The molecule has 2 amide bonds. The maximum Gasteiger partial charge on any atom is 0.241 e. The zero-order chi connectivity index (χ0) is 18.1. The Bertz CT molecular complexity index is 835. The lowest BCUT2D eigenvalue weighted by Gasteiger charge is -2.32. The van der Waals surface area contributed by atoms with Crippen molar-refractivity contribution in [2.24, 2.45) is 11.8 Å². The van der Waals surface area contributed by atoms with Crippen LogP contribution in [0.3, 0.4) is 0 Å². The van der Waals surface area contributed by atoms with Crippen LogP contribution < -0.4 is 9.64 Å². The molecule has 4 heterocycles. The van der Waals surface area contributed by atoms with Gasteiger partial charge in [0.15, 0.2) is 11.9 Å². The highest BCUT2D eigenvalue weighted by atomic mass is 79.9. The highest BCUT2D eigenvalue weighted by Crippen LogP contribution is 2.55. The van der Waals surface area contributed by atoms with Crippen LogP contribution in [0.1, 0.15) is 0 Å². The van der Waals surface area contributed by atoms with E-state index in [1.165, 1.54) is 12.0 Å². The summed E-state index contributed by atoms with van der Waals surface area (Å²) in [6.07, 6.45) is 2.52. The van der Waals surface area contributed by atoms with E-state index >= 15 is 0 Å². The summed E-state index contributed by atoms with van der Waals surface area (Å²) in [5.41, 5.74) is -0.624. The molecular weight excluding hydrogens is 406 g/mol. The summed E-state index contributed by atoms with van der Waals surface area (Å²) in [6, 6.07) is 5.22. The summed E-state index contributed by atoms with van der Waals surface area (Å²) in [7, 11) is 1.51. The van der Waals surface area contributed by atoms with Gasteiger partial charge in [-0.15, -0.1) is 0 Å². The first-order chi connectivity index (χ1) is 12.6. The highest BCUT2D eigenvalue weighted by molar-refractivity contribution is 9.10. The Morgan fingerprint density at radius 1 is 1.23 bits per heavy atom. The van der Waals surface area contributed by atoms with Gasteiger partial charge in [0.1, 0.15) is 5.75 Å². The summed E-state index contributed by atoms with van der Waals surface area (Å²) >= 11 is 3.39. The quantitative estimate of drug-likeness (QED) is 0.545. The van der Waals surface area contributed by atoms with E-state index < -0.39 is 29.8 Å². The topological polar surface area (TPSA) is 74.3 Å². The molecule has 3 saturated heterocycles. The molecule has 7 nitrogen and oxygen atoms in total. The van der Waals surface area contributed by atoms with Crippen molar-refractivity contribution in [1.82, 2.24) is 0 Å². The van der Waals surface area contributed by atoms with Crippen molar-refractivity contribution in [3.8, 4) is 5.75 Å². The molecule has 3 fully saturated rings. The van der Waals surface area contributed by atoms with Crippen molar-refractivity contribution >= 4 is 33.4 Å². The molecule has 5 rings (SSSR count). The molecule has 0 N–H and O–H groups in total. The minimum atomic E-state index is -1.05. The van der Waals surface area contributed by atoms with Crippen molar-refractivity contribution in [2.45, 2.75) is 18.0 Å². The van der Waals surface area contributed by atoms with Gasteiger partial charge < -0.3 is 18.9 Å². The Hall–Kier alpha value is -1.74. The molecule has 1 aromatic rings. The van der Waals surface area contributed by atoms with Gasteiger partial charge in [-0.25, -0.2) is 4.90 Å². The molecule has 8 heteroatoms. The molecule has 26 heavy (non-hydrogen) atoms. The maximum atomic E-state index is 13.3. The number of ether oxygens (including phenoxy) is 4. The van der Waals surface area contributed by atoms with Crippen LogP contribution in [0.25, 0.3) is 0 Å². The molecular formula is C18H16BrNO6. The fraction of sp³-hybridized carbons (Fsp3) is 0.444. The lowest BCUT2D eigenvalue weighted by atomic mass is 9.76. The van der Waals surface area contributed by atoms with E-state index in [9.17, 15) is 9.59 Å². The second-order valence-corrected chi connectivity index (χ2v) is 7.62. The minimum Gasteiger partial charge on any atom is -0.495 e. The molecule has 2 bridgehead atoms. The van der Waals surface area contributed by atoms with Crippen molar-refractivity contribution in [3.63, 3.8) is 0 Å².